The summed E-state index contributed by atoms with van der Waals surface area (Å²) in [5.41, 5.74) is 7.14. The van der Waals surface area contributed by atoms with Crippen molar-refractivity contribution in [2.75, 3.05) is 5.73 Å². The van der Waals surface area contributed by atoms with Crippen LogP contribution >= 0.6 is 0 Å². The number of aromatic nitrogens is 2. The number of hydrogen-bond donors (Lipinski definition) is 1. The molecule has 2 heterocycles. The number of pyridine rings is 2. The zero-order valence-electron chi connectivity index (χ0n) is 10.4. The number of fused-ring (bicyclic) bond motifs is 1. The Kier molecular flexibility index (Phi) is 2.90. The van der Waals surface area contributed by atoms with E-state index in [1.54, 1.807) is 18.3 Å². The zero-order valence-corrected chi connectivity index (χ0v) is 10.4. The van der Waals surface area contributed by atoms with Gasteiger partial charge in [-0.05, 0) is 18.2 Å². The number of nitrogen functional groups attached to an aromatic ring is 1. The van der Waals surface area contributed by atoms with Gasteiger partial charge in [0.1, 0.15) is 17.3 Å². The first-order valence-electron chi connectivity index (χ1n) is 5.96. The maximum Gasteiger partial charge on any atom is 0.244 e. The highest BCUT2D eigenvalue weighted by molar-refractivity contribution is 5.84. The van der Waals surface area contributed by atoms with E-state index in [9.17, 15) is 0 Å². The molecule has 0 bridgehead atoms. The zero-order chi connectivity index (χ0) is 13.9. The van der Waals surface area contributed by atoms with Crippen molar-refractivity contribution in [2.45, 2.75) is 0 Å². The number of nitrogens with zero attached hydrogens (tertiary/aromatic N) is 3. The Bertz CT molecular complexity index is 818. The molecule has 0 amide bonds. The van der Waals surface area contributed by atoms with Gasteiger partial charge in [-0.25, -0.2) is 4.98 Å². The predicted molar refractivity (Wildman–Crippen MR) is 75.2 cm³/mol. The van der Waals surface area contributed by atoms with Gasteiger partial charge in [0.25, 0.3) is 0 Å². The van der Waals surface area contributed by atoms with Crippen LogP contribution in [-0.4, -0.2) is 9.97 Å². The smallest absolute Gasteiger partial charge is 0.244 e. The summed E-state index contributed by atoms with van der Waals surface area (Å²) < 4.78 is 5.72. The molecule has 5 nitrogen and oxygen atoms in total. The Morgan fingerprint density at radius 2 is 1.90 bits per heavy atom. The van der Waals surface area contributed by atoms with Gasteiger partial charge in [0.2, 0.25) is 5.88 Å². The SMILES string of the molecule is N#Cc1ccnc(Oc2cccc3cccnc23)c1N. The molecule has 0 unspecified atom stereocenters. The van der Waals surface area contributed by atoms with Crippen molar-refractivity contribution in [1.82, 2.24) is 9.97 Å². The topological polar surface area (TPSA) is 84.8 Å². The molecule has 2 N–H and O–H groups in total. The lowest BCUT2D eigenvalue weighted by atomic mass is 10.2. The van der Waals surface area contributed by atoms with E-state index in [4.69, 9.17) is 15.7 Å². The minimum absolute atomic E-state index is 0.210. The van der Waals surface area contributed by atoms with Gasteiger partial charge in [-0.1, -0.05) is 18.2 Å². The van der Waals surface area contributed by atoms with Crippen LogP contribution in [0, 0.1) is 11.3 Å². The summed E-state index contributed by atoms with van der Waals surface area (Å²) >= 11 is 0. The molecule has 0 atom stereocenters. The molecule has 0 saturated carbocycles. The number of para-hydroxylation sites is 1. The molecule has 0 saturated heterocycles. The van der Waals surface area contributed by atoms with Crippen LogP contribution in [0.5, 0.6) is 11.6 Å². The van der Waals surface area contributed by atoms with Crippen LogP contribution in [0.25, 0.3) is 10.9 Å². The number of rotatable bonds is 2. The quantitative estimate of drug-likeness (QED) is 0.767. The molecule has 5 heteroatoms. The molecule has 96 valence electrons. The third-order valence-corrected chi connectivity index (χ3v) is 2.88. The molecule has 0 aliphatic rings. The minimum Gasteiger partial charge on any atom is -0.435 e. The highest BCUT2D eigenvalue weighted by Gasteiger charge is 2.10. The van der Waals surface area contributed by atoms with E-state index >= 15 is 0 Å². The van der Waals surface area contributed by atoms with Gasteiger partial charge in [-0.15, -0.1) is 0 Å². The lowest BCUT2D eigenvalue weighted by Crippen LogP contribution is -1.98. The second kappa shape index (κ2) is 4.86. The average molecular weight is 262 g/mol. The van der Waals surface area contributed by atoms with Crippen LogP contribution in [0.15, 0.2) is 48.8 Å². The van der Waals surface area contributed by atoms with E-state index in [0.29, 0.717) is 11.3 Å². The molecule has 0 radical (unpaired) electrons. The average Bonchev–Trinajstić information content (AvgIpc) is 2.50. The Morgan fingerprint density at radius 3 is 2.75 bits per heavy atom. The molecule has 0 fully saturated rings. The van der Waals surface area contributed by atoms with Crippen LogP contribution < -0.4 is 10.5 Å². The van der Waals surface area contributed by atoms with Gasteiger partial charge in [0.15, 0.2) is 5.75 Å². The largest absolute Gasteiger partial charge is 0.435 e. The number of benzene rings is 1. The monoisotopic (exact) mass is 262 g/mol. The first-order valence-corrected chi connectivity index (χ1v) is 5.96. The van der Waals surface area contributed by atoms with Crippen molar-refractivity contribution in [2.24, 2.45) is 0 Å². The third-order valence-electron chi connectivity index (χ3n) is 2.88. The van der Waals surface area contributed by atoms with Gasteiger partial charge in [-0.2, -0.15) is 5.26 Å². The maximum atomic E-state index is 8.96. The molecule has 20 heavy (non-hydrogen) atoms. The first kappa shape index (κ1) is 11.9. The highest BCUT2D eigenvalue weighted by Crippen LogP contribution is 2.31. The standard InChI is InChI=1S/C15H10N4O/c16-9-11-6-8-19-15(13(11)17)20-12-5-1-3-10-4-2-7-18-14(10)12/h1-8H,17H2. The molecule has 3 rings (SSSR count). The van der Waals surface area contributed by atoms with Crippen LogP contribution in [0.4, 0.5) is 5.69 Å². The second-order valence-corrected chi connectivity index (χ2v) is 4.12. The lowest BCUT2D eigenvalue weighted by Gasteiger charge is -2.09. The molecular weight excluding hydrogens is 252 g/mol. The summed E-state index contributed by atoms with van der Waals surface area (Å²) in [7, 11) is 0. The summed E-state index contributed by atoms with van der Waals surface area (Å²) in [6.07, 6.45) is 3.18. The van der Waals surface area contributed by atoms with Crippen molar-refractivity contribution < 1.29 is 4.74 Å². The number of ether oxygens (including phenoxy) is 1. The van der Waals surface area contributed by atoms with E-state index in [1.165, 1.54) is 6.20 Å². The van der Waals surface area contributed by atoms with Crippen molar-refractivity contribution in [1.29, 1.82) is 5.26 Å². The summed E-state index contributed by atoms with van der Waals surface area (Å²) in [5, 5.41) is 9.91. The third kappa shape index (κ3) is 1.99. The molecule has 0 spiro atoms. The Balaban J connectivity index is 2.09. The number of nitriles is 1. The summed E-state index contributed by atoms with van der Waals surface area (Å²) in [6, 6.07) is 12.9. The van der Waals surface area contributed by atoms with Crippen molar-refractivity contribution in [3.8, 4) is 17.7 Å². The van der Waals surface area contributed by atoms with Crippen LogP contribution in [0.2, 0.25) is 0 Å². The molecule has 0 aliphatic heterocycles. The van der Waals surface area contributed by atoms with Crippen molar-refractivity contribution in [3.63, 3.8) is 0 Å². The fourth-order valence-corrected chi connectivity index (χ4v) is 1.90. The minimum atomic E-state index is 0.210. The highest BCUT2D eigenvalue weighted by atomic mass is 16.5. The van der Waals surface area contributed by atoms with Crippen molar-refractivity contribution >= 4 is 16.6 Å². The summed E-state index contributed by atoms with van der Waals surface area (Å²) in [4.78, 5) is 8.35. The van der Waals surface area contributed by atoms with Crippen molar-refractivity contribution in [3.05, 3.63) is 54.4 Å². The predicted octanol–water partition coefficient (Wildman–Crippen LogP) is 2.88. The van der Waals surface area contributed by atoms with Gasteiger partial charge >= 0.3 is 0 Å². The summed E-state index contributed by atoms with van der Waals surface area (Å²) in [5.74, 6) is 0.764. The Hall–Kier alpha value is -3.13. The fourth-order valence-electron chi connectivity index (χ4n) is 1.90. The van der Waals surface area contributed by atoms with Gasteiger partial charge < -0.3 is 10.5 Å². The fraction of sp³-hybridized carbons (Fsp3) is 0. The van der Waals surface area contributed by atoms with Gasteiger partial charge in [0, 0.05) is 17.8 Å². The number of nitrogens with two attached hydrogens (primary N) is 1. The maximum absolute atomic E-state index is 8.96. The van der Waals surface area contributed by atoms with Crippen LogP contribution in [-0.2, 0) is 0 Å². The normalized spacial score (nSPS) is 10.2. The second-order valence-electron chi connectivity index (χ2n) is 4.12. The van der Waals surface area contributed by atoms with E-state index in [1.807, 2.05) is 30.3 Å². The van der Waals surface area contributed by atoms with E-state index < -0.39 is 0 Å². The first-order chi connectivity index (χ1) is 9.79. The van der Waals surface area contributed by atoms with Gasteiger partial charge in [-0.3, -0.25) is 4.98 Å². The molecule has 0 aliphatic carbocycles. The molecule has 3 aromatic rings. The number of anilines is 1. The molecule has 1 aromatic carbocycles. The van der Waals surface area contributed by atoms with Crippen LogP contribution in [0.3, 0.4) is 0 Å². The molecule has 2 aromatic heterocycles. The van der Waals surface area contributed by atoms with Gasteiger partial charge in [0.05, 0.1) is 5.56 Å². The van der Waals surface area contributed by atoms with E-state index in [2.05, 4.69) is 9.97 Å². The van der Waals surface area contributed by atoms with Crippen LogP contribution in [0.1, 0.15) is 5.56 Å². The Labute approximate surface area is 115 Å². The number of hydrogen-bond acceptors (Lipinski definition) is 5. The summed E-state index contributed by atoms with van der Waals surface area (Å²) in [6.45, 7) is 0. The molecular formula is C15H10N4O. The lowest BCUT2D eigenvalue weighted by molar-refractivity contribution is 0.469. The van der Waals surface area contributed by atoms with E-state index in [-0.39, 0.29) is 11.6 Å². The Morgan fingerprint density at radius 1 is 1.05 bits per heavy atom. The van der Waals surface area contributed by atoms with E-state index in [0.717, 1.165) is 10.9 Å².